The summed E-state index contributed by atoms with van der Waals surface area (Å²) < 4.78 is 42.5. The van der Waals surface area contributed by atoms with Gasteiger partial charge in [-0.3, -0.25) is 0 Å². The normalized spacial score (nSPS) is 11.8. The van der Waals surface area contributed by atoms with Crippen LogP contribution < -0.4 is 0 Å². The molecule has 4 rings (SSSR count). The lowest BCUT2D eigenvalue weighted by molar-refractivity contribution is -0.142. The monoisotopic (exact) mass is 417 g/mol. The van der Waals surface area contributed by atoms with Gasteiger partial charge in [0, 0.05) is 21.7 Å². The average Bonchev–Trinajstić information content (AvgIpc) is 3.05. The Kier molecular flexibility index (Phi) is 4.03. The van der Waals surface area contributed by atoms with Crippen molar-refractivity contribution in [1.29, 1.82) is 0 Å². The van der Waals surface area contributed by atoms with Gasteiger partial charge in [0.2, 0.25) is 0 Å². The quantitative estimate of drug-likeness (QED) is 0.409. The molecule has 0 aliphatic heterocycles. The molecular formula is C19H11BrF3N3. The minimum absolute atomic E-state index is 0.150. The van der Waals surface area contributed by atoms with Crippen molar-refractivity contribution in [3.8, 4) is 22.5 Å². The Hall–Kier alpha value is -2.67. The molecular weight excluding hydrogens is 407 g/mol. The molecule has 0 saturated carbocycles. The largest absolute Gasteiger partial charge is 0.433 e. The van der Waals surface area contributed by atoms with Gasteiger partial charge in [0.15, 0.2) is 11.3 Å². The van der Waals surface area contributed by atoms with Gasteiger partial charge in [0.1, 0.15) is 0 Å². The van der Waals surface area contributed by atoms with E-state index in [1.807, 2.05) is 18.2 Å². The number of benzene rings is 2. The third-order valence-corrected chi connectivity index (χ3v) is 4.46. The lowest BCUT2D eigenvalue weighted by atomic mass is 10.1. The summed E-state index contributed by atoms with van der Waals surface area (Å²) in [6.45, 7) is 0. The predicted octanol–water partition coefficient (Wildman–Crippen LogP) is 5.84. The molecule has 0 saturated heterocycles. The summed E-state index contributed by atoms with van der Waals surface area (Å²) in [5, 5.41) is 4.12. The first-order valence-electron chi connectivity index (χ1n) is 7.71. The second-order valence-electron chi connectivity index (χ2n) is 5.70. The van der Waals surface area contributed by atoms with Crippen LogP contribution in [0.1, 0.15) is 5.69 Å². The van der Waals surface area contributed by atoms with E-state index in [2.05, 4.69) is 26.0 Å². The van der Waals surface area contributed by atoms with E-state index in [0.29, 0.717) is 11.3 Å². The van der Waals surface area contributed by atoms with E-state index in [-0.39, 0.29) is 11.3 Å². The Morgan fingerprint density at radius 1 is 0.808 bits per heavy atom. The zero-order valence-electron chi connectivity index (χ0n) is 13.2. The Labute approximate surface area is 155 Å². The van der Waals surface area contributed by atoms with Crippen LogP contribution in [0.4, 0.5) is 13.2 Å². The van der Waals surface area contributed by atoms with E-state index < -0.39 is 11.9 Å². The van der Waals surface area contributed by atoms with Gasteiger partial charge in [0.25, 0.3) is 0 Å². The van der Waals surface area contributed by atoms with Crippen LogP contribution in [-0.4, -0.2) is 14.6 Å². The van der Waals surface area contributed by atoms with Crippen LogP contribution in [0.5, 0.6) is 0 Å². The summed E-state index contributed by atoms with van der Waals surface area (Å²) >= 11 is 3.32. The fourth-order valence-electron chi connectivity index (χ4n) is 2.69. The van der Waals surface area contributed by atoms with Gasteiger partial charge < -0.3 is 0 Å². The number of nitrogens with zero attached hydrogens (tertiary/aromatic N) is 3. The minimum Gasteiger partial charge on any atom is -0.228 e. The predicted molar refractivity (Wildman–Crippen MR) is 96.6 cm³/mol. The third kappa shape index (κ3) is 3.10. The van der Waals surface area contributed by atoms with E-state index in [1.54, 1.807) is 42.5 Å². The zero-order valence-corrected chi connectivity index (χ0v) is 14.8. The minimum atomic E-state index is -4.55. The van der Waals surface area contributed by atoms with Gasteiger partial charge in [-0.1, -0.05) is 58.4 Å². The van der Waals surface area contributed by atoms with Gasteiger partial charge in [-0.25, -0.2) is 9.50 Å². The Morgan fingerprint density at radius 2 is 1.46 bits per heavy atom. The van der Waals surface area contributed by atoms with Crippen LogP contribution in [-0.2, 0) is 6.18 Å². The number of alkyl halides is 3. The molecule has 0 unspecified atom stereocenters. The van der Waals surface area contributed by atoms with Gasteiger partial charge in [-0.15, -0.1) is 0 Å². The van der Waals surface area contributed by atoms with Crippen LogP contribution >= 0.6 is 15.9 Å². The molecule has 7 heteroatoms. The molecule has 130 valence electrons. The molecule has 26 heavy (non-hydrogen) atoms. The number of fused-ring (bicyclic) bond motifs is 1. The number of halogens is 4. The molecule has 0 amide bonds. The summed E-state index contributed by atoms with van der Waals surface area (Å²) in [6, 6.07) is 18.6. The summed E-state index contributed by atoms with van der Waals surface area (Å²) in [4.78, 5) is 4.38. The molecule has 0 spiro atoms. The Bertz CT molecular complexity index is 1070. The molecule has 4 aromatic rings. The molecule has 0 N–H and O–H groups in total. The maximum atomic E-state index is 13.6. The first kappa shape index (κ1) is 16.8. The molecule has 0 aliphatic carbocycles. The van der Waals surface area contributed by atoms with E-state index >= 15 is 0 Å². The Balaban J connectivity index is 1.95. The highest BCUT2D eigenvalue weighted by Gasteiger charge is 2.35. The highest BCUT2D eigenvalue weighted by atomic mass is 79.9. The maximum Gasteiger partial charge on any atom is 0.433 e. The second kappa shape index (κ2) is 6.25. The van der Waals surface area contributed by atoms with Gasteiger partial charge in [0.05, 0.1) is 11.4 Å². The van der Waals surface area contributed by atoms with Gasteiger partial charge in [-0.2, -0.15) is 18.3 Å². The molecule has 0 radical (unpaired) electrons. The molecule has 3 nitrogen and oxygen atoms in total. The van der Waals surface area contributed by atoms with Crippen molar-refractivity contribution in [3.63, 3.8) is 0 Å². The number of hydrogen-bond donors (Lipinski definition) is 0. The van der Waals surface area contributed by atoms with Crippen molar-refractivity contribution >= 4 is 21.6 Å². The number of hydrogen-bond acceptors (Lipinski definition) is 2. The van der Waals surface area contributed by atoms with E-state index in [1.165, 1.54) is 0 Å². The van der Waals surface area contributed by atoms with Gasteiger partial charge >= 0.3 is 6.18 Å². The highest BCUT2D eigenvalue weighted by molar-refractivity contribution is 9.10. The SMILES string of the molecule is FC(F)(F)c1cc(-c2ccc(Br)cc2)nc2cc(-c3ccccc3)nn12. The maximum absolute atomic E-state index is 13.6. The standard InChI is InChI=1S/C19H11BrF3N3/c20-14-8-6-13(7-9-14)15-10-17(19(21,22)23)26-18(24-15)11-16(25-26)12-4-2-1-3-5-12/h1-11H. The van der Waals surface area contributed by atoms with Crippen LogP contribution in [0.2, 0.25) is 0 Å². The lowest BCUT2D eigenvalue weighted by Gasteiger charge is -2.11. The second-order valence-corrected chi connectivity index (χ2v) is 6.61. The Morgan fingerprint density at radius 3 is 2.12 bits per heavy atom. The molecule has 0 fully saturated rings. The fraction of sp³-hybridized carbons (Fsp3) is 0.0526. The smallest absolute Gasteiger partial charge is 0.228 e. The molecule has 0 bridgehead atoms. The first-order valence-corrected chi connectivity index (χ1v) is 8.50. The van der Waals surface area contributed by atoms with Crippen molar-refractivity contribution in [2.45, 2.75) is 6.18 Å². The van der Waals surface area contributed by atoms with E-state index in [0.717, 1.165) is 20.6 Å². The first-order chi connectivity index (χ1) is 12.4. The summed E-state index contributed by atoms with van der Waals surface area (Å²) in [7, 11) is 0. The third-order valence-electron chi connectivity index (χ3n) is 3.93. The van der Waals surface area contributed by atoms with Crippen molar-refractivity contribution in [2.24, 2.45) is 0 Å². The molecule has 2 aromatic carbocycles. The van der Waals surface area contributed by atoms with Crippen LogP contribution in [0.3, 0.4) is 0 Å². The van der Waals surface area contributed by atoms with Crippen molar-refractivity contribution in [2.75, 3.05) is 0 Å². The zero-order chi connectivity index (χ0) is 18.3. The summed E-state index contributed by atoms with van der Waals surface area (Å²) in [5.74, 6) is 0. The van der Waals surface area contributed by atoms with Crippen molar-refractivity contribution < 1.29 is 13.2 Å². The van der Waals surface area contributed by atoms with E-state index in [4.69, 9.17) is 0 Å². The van der Waals surface area contributed by atoms with Crippen molar-refractivity contribution in [3.05, 3.63) is 76.9 Å². The molecule has 2 heterocycles. The number of rotatable bonds is 2. The molecule has 2 aromatic heterocycles. The number of aromatic nitrogens is 3. The molecule has 0 aliphatic rings. The van der Waals surface area contributed by atoms with Gasteiger partial charge in [-0.05, 0) is 18.2 Å². The van der Waals surface area contributed by atoms with Crippen LogP contribution in [0.25, 0.3) is 28.2 Å². The fourth-order valence-corrected chi connectivity index (χ4v) is 2.96. The highest BCUT2D eigenvalue weighted by Crippen LogP contribution is 2.33. The van der Waals surface area contributed by atoms with Crippen LogP contribution in [0.15, 0.2) is 71.2 Å². The van der Waals surface area contributed by atoms with Crippen LogP contribution in [0, 0.1) is 0 Å². The summed E-state index contributed by atoms with van der Waals surface area (Å²) in [5.41, 5.74) is 1.31. The topological polar surface area (TPSA) is 30.2 Å². The molecule has 0 atom stereocenters. The van der Waals surface area contributed by atoms with Crippen molar-refractivity contribution in [1.82, 2.24) is 14.6 Å². The lowest BCUT2D eigenvalue weighted by Crippen LogP contribution is -2.13. The van der Waals surface area contributed by atoms with E-state index in [9.17, 15) is 13.2 Å². The summed E-state index contributed by atoms with van der Waals surface area (Å²) in [6.07, 6.45) is -4.55. The average molecular weight is 418 g/mol.